The fourth-order valence-electron chi connectivity index (χ4n) is 2.61. The number of carbonyl (C=O) groups excluding carboxylic acids is 3. The summed E-state index contributed by atoms with van der Waals surface area (Å²) in [6, 6.07) is 0. The minimum absolute atomic E-state index is 0.0312. The molecule has 5 heteroatoms. The van der Waals surface area contributed by atoms with Crippen molar-refractivity contribution < 1.29 is 19.1 Å². The van der Waals surface area contributed by atoms with Crippen LogP contribution in [-0.2, 0) is 19.1 Å². The van der Waals surface area contributed by atoms with Gasteiger partial charge in [0.1, 0.15) is 11.6 Å². The number of ether oxygens (including phenoxy) is 1. The molecule has 0 spiro atoms. The van der Waals surface area contributed by atoms with Crippen LogP contribution in [0.4, 0.5) is 0 Å². The molecule has 0 saturated carbocycles. The van der Waals surface area contributed by atoms with Gasteiger partial charge in [0.25, 0.3) is 0 Å². The largest absolute Gasteiger partial charge is 0.375 e. The summed E-state index contributed by atoms with van der Waals surface area (Å²) in [6.45, 7) is 13.7. The van der Waals surface area contributed by atoms with Gasteiger partial charge in [-0.2, -0.15) is 0 Å². The second-order valence-electron chi connectivity index (χ2n) is 8.27. The van der Waals surface area contributed by atoms with E-state index in [0.29, 0.717) is 25.9 Å². The van der Waals surface area contributed by atoms with Crippen molar-refractivity contribution in [1.29, 1.82) is 0 Å². The van der Waals surface area contributed by atoms with E-state index in [1.54, 1.807) is 7.05 Å². The third kappa shape index (κ3) is 8.61. The summed E-state index contributed by atoms with van der Waals surface area (Å²) in [5.74, 6) is 0.217. The highest BCUT2D eigenvalue weighted by atomic mass is 16.5. The van der Waals surface area contributed by atoms with Crippen molar-refractivity contribution >= 4 is 17.5 Å². The predicted molar refractivity (Wildman–Crippen MR) is 100 cm³/mol. The molecular formula is C20H37NO4. The molecule has 0 aliphatic heterocycles. The number of likely N-dealkylation sites (N-methyl/N-ethyl adjacent to an activating group) is 1. The minimum Gasteiger partial charge on any atom is -0.375 e. The Morgan fingerprint density at radius 3 is 2.08 bits per heavy atom. The maximum atomic E-state index is 12.5. The number of ketones is 2. The Kier molecular flexibility index (Phi) is 9.55. The average molecular weight is 356 g/mol. The molecular weight excluding hydrogens is 318 g/mol. The number of amides is 1. The zero-order valence-corrected chi connectivity index (χ0v) is 17.4. The van der Waals surface area contributed by atoms with Gasteiger partial charge in [-0.1, -0.05) is 34.6 Å². The van der Waals surface area contributed by atoms with E-state index in [9.17, 15) is 14.4 Å². The first-order chi connectivity index (χ1) is 11.3. The van der Waals surface area contributed by atoms with Crippen molar-refractivity contribution in [3.63, 3.8) is 0 Å². The van der Waals surface area contributed by atoms with Gasteiger partial charge in [-0.3, -0.25) is 14.4 Å². The summed E-state index contributed by atoms with van der Waals surface area (Å²) in [6.07, 6.45) is 2.60. The number of rotatable bonds is 12. The molecule has 5 nitrogen and oxygen atoms in total. The van der Waals surface area contributed by atoms with Crippen LogP contribution >= 0.6 is 0 Å². The molecule has 0 rings (SSSR count). The van der Waals surface area contributed by atoms with Crippen LogP contribution in [0.2, 0.25) is 0 Å². The van der Waals surface area contributed by atoms with Crippen molar-refractivity contribution in [2.24, 2.45) is 11.3 Å². The number of carbonyl (C=O) groups is 3. The van der Waals surface area contributed by atoms with Crippen molar-refractivity contribution in [2.75, 3.05) is 20.2 Å². The molecule has 1 unspecified atom stereocenters. The van der Waals surface area contributed by atoms with Crippen LogP contribution in [-0.4, -0.2) is 48.2 Å². The Bertz CT molecular complexity index is 470. The summed E-state index contributed by atoms with van der Waals surface area (Å²) in [5.41, 5.74) is -0.943. The first kappa shape index (κ1) is 23.8. The van der Waals surface area contributed by atoms with E-state index in [2.05, 4.69) is 6.92 Å². The van der Waals surface area contributed by atoms with Gasteiger partial charge in [0.05, 0.1) is 12.1 Å². The van der Waals surface area contributed by atoms with Crippen LogP contribution in [0.3, 0.4) is 0 Å². The van der Waals surface area contributed by atoms with Crippen LogP contribution < -0.4 is 0 Å². The van der Waals surface area contributed by atoms with Gasteiger partial charge in [-0.25, -0.2) is 0 Å². The highest BCUT2D eigenvalue weighted by molar-refractivity contribution is 5.87. The van der Waals surface area contributed by atoms with Gasteiger partial charge >= 0.3 is 0 Å². The third-order valence-electron chi connectivity index (χ3n) is 4.86. The van der Waals surface area contributed by atoms with Gasteiger partial charge in [0.15, 0.2) is 0 Å². The van der Waals surface area contributed by atoms with E-state index in [-0.39, 0.29) is 35.5 Å². The van der Waals surface area contributed by atoms with Crippen LogP contribution in [0.5, 0.6) is 0 Å². The van der Waals surface area contributed by atoms with E-state index >= 15 is 0 Å². The average Bonchev–Trinajstić information content (AvgIpc) is 2.50. The van der Waals surface area contributed by atoms with Crippen LogP contribution in [0.15, 0.2) is 0 Å². The fraction of sp³-hybridized carbons (Fsp3) is 0.850. The maximum absolute atomic E-state index is 12.5. The number of nitrogens with zero attached hydrogens (tertiary/aromatic N) is 1. The Morgan fingerprint density at radius 2 is 1.64 bits per heavy atom. The second-order valence-corrected chi connectivity index (χ2v) is 8.27. The van der Waals surface area contributed by atoms with E-state index in [4.69, 9.17) is 4.74 Å². The molecule has 0 aliphatic carbocycles. The van der Waals surface area contributed by atoms with Gasteiger partial charge in [-0.05, 0) is 33.1 Å². The quantitative estimate of drug-likeness (QED) is 0.536. The first-order valence-corrected chi connectivity index (χ1v) is 9.26. The molecule has 146 valence electrons. The smallest absolute Gasteiger partial charge is 0.228 e. The molecule has 0 radical (unpaired) electrons. The van der Waals surface area contributed by atoms with Crippen LogP contribution in [0.1, 0.15) is 74.1 Å². The molecule has 0 aromatic carbocycles. The lowest BCUT2D eigenvalue weighted by atomic mass is 9.87. The summed E-state index contributed by atoms with van der Waals surface area (Å²) in [5, 5.41) is 0. The number of Topliss-reactive ketones (excluding diaryl/α,β-unsaturated/α-hetero) is 2. The molecule has 0 bridgehead atoms. The van der Waals surface area contributed by atoms with Crippen molar-refractivity contribution in [1.82, 2.24) is 4.90 Å². The van der Waals surface area contributed by atoms with Crippen molar-refractivity contribution in [2.45, 2.75) is 79.8 Å². The Labute approximate surface area is 153 Å². The molecule has 0 saturated heterocycles. The molecule has 0 aromatic rings. The van der Waals surface area contributed by atoms with E-state index < -0.39 is 5.41 Å². The first-order valence-electron chi connectivity index (χ1n) is 9.26. The van der Waals surface area contributed by atoms with Gasteiger partial charge in [0.2, 0.25) is 5.91 Å². The molecule has 1 amide bonds. The standard InChI is InChI=1S/C20H37NO4/c1-9-20(7,11-10-17(23)15(2)3)25-13-12-19(5,6)18(24)21(8)14-16(4)22/h15H,9-14H2,1-8H3. The van der Waals surface area contributed by atoms with Gasteiger partial charge in [0, 0.05) is 31.4 Å². The summed E-state index contributed by atoms with van der Waals surface area (Å²) < 4.78 is 6.07. The van der Waals surface area contributed by atoms with E-state index in [1.807, 2.05) is 34.6 Å². The topological polar surface area (TPSA) is 63.7 Å². The number of hydrogen-bond acceptors (Lipinski definition) is 4. The van der Waals surface area contributed by atoms with Crippen LogP contribution in [0.25, 0.3) is 0 Å². The Morgan fingerprint density at radius 1 is 1.08 bits per heavy atom. The minimum atomic E-state index is -0.591. The SMILES string of the molecule is CCC(C)(CCC(=O)C(C)C)OCCC(C)(C)C(=O)N(C)CC(C)=O. The fourth-order valence-corrected chi connectivity index (χ4v) is 2.61. The molecule has 0 aliphatic rings. The summed E-state index contributed by atoms with van der Waals surface area (Å²) >= 11 is 0. The molecule has 1 atom stereocenters. The van der Waals surface area contributed by atoms with E-state index in [1.165, 1.54) is 11.8 Å². The highest BCUT2D eigenvalue weighted by Gasteiger charge is 2.32. The lowest BCUT2D eigenvalue weighted by molar-refractivity contribution is -0.143. The van der Waals surface area contributed by atoms with Crippen molar-refractivity contribution in [3.05, 3.63) is 0 Å². The lowest BCUT2D eigenvalue weighted by Crippen LogP contribution is -2.41. The monoisotopic (exact) mass is 355 g/mol. The number of hydrogen-bond donors (Lipinski definition) is 0. The summed E-state index contributed by atoms with van der Waals surface area (Å²) in [4.78, 5) is 37.0. The molecule has 0 aromatic heterocycles. The Balaban J connectivity index is 4.59. The molecule has 0 fully saturated rings. The predicted octanol–water partition coefficient (Wildman–Crippen LogP) is 3.64. The second kappa shape index (κ2) is 10.0. The lowest BCUT2D eigenvalue weighted by Gasteiger charge is -2.32. The summed E-state index contributed by atoms with van der Waals surface area (Å²) in [7, 11) is 1.65. The molecule has 0 heterocycles. The zero-order chi connectivity index (χ0) is 19.8. The van der Waals surface area contributed by atoms with E-state index in [0.717, 1.165) is 6.42 Å². The normalized spacial score (nSPS) is 14.3. The highest BCUT2D eigenvalue weighted by Crippen LogP contribution is 2.27. The van der Waals surface area contributed by atoms with Gasteiger partial charge in [-0.15, -0.1) is 0 Å². The molecule has 0 N–H and O–H groups in total. The van der Waals surface area contributed by atoms with Crippen LogP contribution in [0, 0.1) is 11.3 Å². The molecule has 25 heavy (non-hydrogen) atoms. The van der Waals surface area contributed by atoms with Crippen molar-refractivity contribution in [3.8, 4) is 0 Å². The Hall–Kier alpha value is -1.23. The third-order valence-corrected chi connectivity index (χ3v) is 4.86. The zero-order valence-electron chi connectivity index (χ0n) is 17.4. The maximum Gasteiger partial charge on any atom is 0.228 e. The van der Waals surface area contributed by atoms with Gasteiger partial charge < -0.3 is 9.64 Å².